The standard InChI is InChI=1S/C7H6BrNO2/c8-7-6-4(10)2-1-3-5(6)11-9-7/h1-3H2. The Morgan fingerprint density at radius 3 is 3.00 bits per heavy atom. The minimum Gasteiger partial charge on any atom is -0.359 e. The van der Waals surface area contributed by atoms with Crippen LogP contribution >= 0.6 is 15.9 Å². The second-order valence-corrected chi connectivity index (χ2v) is 3.30. The Balaban J connectivity index is 2.56. The van der Waals surface area contributed by atoms with E-state index < -0.39 is 0 Å². The summed E-state index contributed by atoms with van der Waals surface area (Å²) in [6.45, 7) is 0. The van der Waals surface area contributed by atoms with Gasteiger partial charge in [0.15, 0.2) is 10.4 Å². The van der Waals surface area contributed by atoms with Crippen molar-refractivity contribution < 1.29 is 9.32 Å². The first-order chi connectivity index (χ1) is 5.29. The molecule has 0 amide bonds. The van der Waals surface area contributed by atoms with Crippen molar-refractivity contribution in [2.24, 2.45) is 0 Å². The number of carbonyl (C=O) groups is 1. The minimum atomic E-state index is 0.138. The van der Waals surface area contributed by atoms with Crippen LogP contribution in [-0.4, -0.2) is 10.9 Å². The van der Waals surface area contributed by atoms with Crippen LogP contribution in [0.3, 0.4) is 0 Å². The molecule has 3 nitrogen and oxygen atoms in total. The van der Waals surface area contributed by atoms with Crippen LogP contribution in [0.1, 0.15) is 29.0 Å². The highest BCUT2D eigenvalue weighted by molar-refractivity contribution is 9.10. The Kier molecular flexibility index (Phi) is 1.56. The molecule has 0 saturated carbocycles. The van der Waals surface area contributed by atoms with Crippen LogP contribution in [-0.2, 0) is 6.42 Å². The number of hydrogen-bond acceptors (Lipinski definition) is 3. The van der Waals surface area contributed by atoms with E-state index >= 15 is 0 Å². The van der Waals surface area contributed by atoms with Gasteiger partial charge >= 0.3 is 0 Å². The fourth-order valence-electron chi connectivity index (χ4n) is 1.28. The first-order valence-electron chi connectivity index (χ1n) is 3.46. The second kappa shape index (κ2) is 2.44. The van der Waals surface area contributed by atoms with E-state index in [2.05, 4.69) is 21.1 Å². The van der Waals surface area contributed by atoms with Gasteiger partial charge in [-0.15, -0.1) is 0 Å². The zero-order valence-electron chi connectivity index (χ0n) is 5.76. The predicted molar refractivity (Wildman–Crippen MR) is 41.5 cm³/mol. The number of fused-ring (bicyclic) bond motifs is 1. The molecule has 0 aromatic carbocycles. The van der Waals surface area contributed by atoms with Crippen molar-refractivity contribution in [3.8, 4) is 0 Å². The molecule has 2 rings (SSSR count). The van der Waals surface area contributed by atoms with E-state index in [1.807, 2.05) is 0 Å². The largest absolute Gasteiger partial charge is 0.359 e. The molecule has 1 aromatic rings. The van der Waals surface area contributed by atoms with E-state index in [0.29, 0.717) is 16.6 Å². The van der Waals surface area contributed by atoms with E-state index in [9.17, 15) is 4.79 Å². The number of ketones is 1. The molecule has 0 atom stereocenters. The van der Waals surface area contributed by atoms with Gasteiger partial charge in [-0.05, 0) is 22.4 Å². The highest BCUT2D eigenvalue weighted by Gasteiger charge is 2.24. The number of halogens is 1. The first kappa shape index (κ1) is 7.03. The van der Waals surface area contributed by atoms with Gasteiger partial charge in [-0.3, -0.25) is 4.79 Å². The maximum absolute atomic E-state index is 11.2. The van der Waals surface area contributed by atoms with Crippen LogP contribution in [0, 0.1) is 0 Å². The van der Waals surface area contributed by atoms with E-state index in [-0.39, 0.29) is 5.78 Å². The maximum atomic E-state index is 11.2. The Morgan fingerprint density at radius 1 is 1.45 bits per heavy atom. The molecule has 0 N–H and O–H groups in total. The van der Waals surface area contributed by atoms with Gasteiger partial charge < -0.3 is 4.52 Å². The molecule has 4 heteroatoms. The molecule has 0 radical (unpaired) electrons. The summed E-state index contributed by atoms with van der Waals surface area (Å²) < 4.78 is 5.49. The summed E-state index contributed by atoms with van der Waals surface area (Å²) in [5.74, 6) is 0.868. The van der Waals surface area contributed by atoms with Gasteiger partial charge in [-0.2, -0.15) is 0 Å². The van der Waals surface area contributed by atoms with Crippen LogP contribution in [0.2, 0.25) is 0 Å². The van der Waals surface area contributed by atoms with Crippen LogP contribution < -0.4 is 0 Å². The molecule has 0 saturated heterocycles. The van der Waals surface area contributed by atoms with E-state index in [1.165, 1.54) is 0 Å². The third-order valence-corrected chi connectivity index (χ3v) is 2.35. The number of rotatable bonds is 0. The summed E-state index contributed by atoms with van der Waals surface area (Å²) in [5, 5.41) is 3.67. The van der Waals surface area contributed by atoms with Gasteiger partial charge in [0.1, 0.15) is 5.76 Å². The highest BCUT2D eigenvalue weighted by Crippen LogP contribution is 2.27. The molecule has 58 valence electrons. The summed E-state index contributed by atoms with van der Waals surface area (Å²) in [4.78, 5) is 11.2. The molecule has 1 aliphatic rings. The quantitative estimate of drug-likeness (QED) is 0.665. The van der Waals surface area contributed by atoms with Gasteiger partial charge in [0.25, 0.3) is 0 Å². The third-order valence-electron chi connectivity index (χ3n) is 1.81. The second-order valence-electron chi connectivity index (χ2n) is 2.55. The maximum Gasteiger partial charge on any atom is 0.169 e. The zero-order valence-corrected chi connectivity index (χ0v) is 7.35. The molecule has 1 heterocycles. The molecule has 0 unspecified atom stereocenters. The molecule has 0 spiro atoms. The molecular formula is C7H6BrNO2. The normalized spacial score (nSPS) is 16.6. The Morgan fingerprint density at radius 2 is 2.27 bits per heavy atom. The van der Waals surface area contributed by atoms with Crippen LogP contribution in [0.4, 0.5) is 0 Å². The summed E-state index contributed by atoms with van der Waals surface area (Å²) in [6, 6.07) is 0. The van der Waals surface area contributed by atoms with Crippen LogP contribution in [0.25, 0.3) is 0 Å². The van der Waals surface area contributed by atoms with Gasteiger partial charge in [-0.25, -0.2) is 0 Å². The van der Waals surface area contributed by atoms with E-state index in [4.69, 9.17) is 4.52 Å². The van der Waals surface area contributed by atoms with Crippen molar-refractivity contribution in [1.82, 2.24) is 5.16 Å². The van der Waals surface area contributed by atoms with Crippen molar-refractivity contribution >= 4 is 21.7 Å². The van der Waals surface area contributed by atoms with Gasteiger partial charge in [0.2, 0.25) is 0 Å². The summed E-state index contributed by atoms with van der Waals surface area (Å²) in [5.41, 5.74) is 0.649. The fraction of sp³-hybridized carbons (Fsp3) is 0.429. The molecule has 0 bridgehead atoms. The third kappa shape index (κ3) is 1.01. The molecule has 0 fully saturated rings. The lowest BCUT2D eigenvalue weighted by molar-refractivity contribution is 0.0968. The first-order valence-corrected chi connectivity index (χ1v) is 4.25. The van der Waals surface area contributed by atoms with Gasteiger partial charge in [-0.1, -0.05) is 5.16 Å². The van der Waals surface area contributed by atoms with Crippen LogP contribution in [0.5, 0.6) is 0 Å². The van der Waals surface area contributed by atoms with Gasteiger partial charge in [0.05, 0.1) is 5.56 Å². The van der Waals surface area contributed by atoms with Crippen LogP contribution in [0.15, 0.2) is 9.13 Å². The average Bonchev–Trinajstić information content (AvgIpc) is 2.34. The lowest BCUT2D eigenvalue weighted by atomic mass is 9.98. The number of Topliss-reactive ketones (excluding diaryl/α,β-unsaturated/α-hetero) is 1. The molecule has 11 heavy (non-hydrogen) atoms. The van der Waals surface area contributed by atoms with Crippen molar-refractivity contribution in [2.45, 2.75) is 19.3 Å². The van der Waals surface area contributed by atoms with Gasteiger partial charge in [0, 0.05) is 12.8 Å². The zero-order chi connectivity index (χ0) is 7.84. The number of hydrogen-bond donors (Lipinski definition) is 0. The summed E-state index contributed by atoms with van der Waals surface area (Å²) in [6.07, 6.45) is 2.33. The van der Waals surface area contributed by atoms with Crippen molar-refractivity contribution in [2.75, 3.05) is 0 Å². The number of nitrogens with zero attached hydrogens (tertiary/aromatic N) is 1. The molecule has 1 aromatic heterocycles. The average molecular weight is 216 g/mol. The predicted octanol–water partition coefficient (Wildman–Crippen LogP) is 1.96. The lowest BCUT2D eigenvalue weighted by Gasteiger charge is -2.05. The monoisotopic (exact) mass is 215 g/mol. The number of aryl methyl sites for hydroxylation is 1. The smallest absolute Gasteiger partial charge is 0.169 e. The SMILES string of the molecule is O=C1CCCc2onc(Br)c21. The summed E-state index contributed by atoms with van der Waals surface area (Å²) >= 11 is 3.17. The molecule has 1 aliphatic carbocycles. The Bertz CT molecular complexity index is 305. The highest BCUT2D eigenvalue weighted by atomic mass is 79.9. The lowest BCUT2D eigenvalue weighted by Crippen LogP contribution is -2.08. The van der Waals surface area contributed by atoms with Crippen molar-refractivity contribution in [3.05, 3.63) is 15.9 Å². The number of carbonyl (C=O) groups excluding carboxylic acids is 1. The fourth-order valence-corrected chi connectivity index (χ4v) is 1.79. The van der Waals surface area contributed by atoms with Crippen molar-refractivity contribution in [3.63, 3.8) is 0 Å². The van der Waals surface area contributed by atoms with E-state index in [0.717, 1.165) is 18.6 Å². The minimum absolute atomic E-state index is 0.138. The molecule has 0 aliphatic heterocycles. The van der Waals surface area contributed by atoms with Crippen molar-refractivity contribution in [1.29, 1.82) is 0 Å². The van der Waals surface area contributed by atoms with E-state index in [1.54, 1.807) is 0 Å². The molecular weight excluding hydrogens is 210 g/mol. The Hall–Kier alpha value is -0.640. The number of aromatic nitrogens is 1. The Labute approximate surface area is 71.9 Å². The topological polar surface area (TPSA) is 43.1 Å². The summed E-state index contributed by atoms with van der Waals surface area (Å²) in [7, 11) is 0.